The first kappa shape index (κ1) is 19.1. The maximum absolute atomic E-state index is 12.9. The van der Waals surface area contributed by atoms with Crippen molar-refractivity contribution < 1.29 is 4.57 Å². The molecule has 0 atom stereocenters. The molecule has 0 radical (unpaired) electrons. The molecule has 1 aromatic heterocycles. The summed E-state index contributed by atoms with van der Waals surface area (Å²) < 4.78 is 13.6. The minimum Gasteiger partial charge on any atom is -0.339 e. The lowest BCUT2D eigenvalue weighted by Crippen LogP contribution is -2.11. The second-order valence-corrected chi connectivity index (χ2v) is 10.7. The van der Waals surface area contributed by atoms with E-state index in [1.54, 1.807) is 19.5 Å². The molecule has 4 nitrogen and oxygen atoms in total. The van der Waals surface area contributed by atoms with Gasteiger partial charge in [0.25, 0.3) is 0 Å². The van der Waals surface area contributed by atoms with Crippen LogP contribution >= 0.6 is 34.7 Å². The van der Waals surface area contributed by atoms with Crippen molar-refractivity contribution in [3.05, 3.63) is 64.0 Å². The number of halogens is 2. The predicted octanol–water partition coefficient (Wildman–Crippen LogP) is 5.86. The average Bonchev–Trinajstić information content (AvgIpc) is 2.58. The average molecular weight is 451 g/mol. The Hall–Kier alpha value is -1.68. The molecule has 0 aliphatic heterocycles. The van der Waals surface area contributed by atoms with Gasteiger partial charge in [0.05, 0.1) is 10.2 Å². The van der Waals surface area contributed by atoms with Gasteiger partial charge in [-0.25, -0.2) is 4.98 Å². The Kier molecular flexibility index (Phi) is 5.52. The quantitative estimate of drug-likeness (QED) is 0.399. The van der Waals surface area contributed by atoms with E-state index < -0.39 is 7.14 Å². The number of anilines is 2. The van der Waals surface area contributed by atoms with Gasteiger partial charge >= 0.3 is 0 Å². The van der Waals surface area contributed by atoms with E-state index in [0.29, 0.717) is 10.3 Å². The summed E-state index contributed by atoms with van der Waals surface area (Å²) in [6.07, 6.45) is 1.58. The van der Waals surface area contributed by atoms with Crippen molar-refractivity contribution in [2.24, 2.45) is 0 Å². The smallest absolute Gasteiger partial charge is 0.224 e. The fourth-order valence-electron chi connectivity index (χ4n) is 2.71. The van der Waals surface area contributed by atoms with Crippen molar-refractivity contribution in [3.63, 3.8) is 0 Å². The highest BCUT2D eigenvalue weighted by molar-refractivity contribution is 9.10. The zero-order chi connectivity index (χ0) is 18.9. The van der Waals surface area contributed by atoms with Crippen LogP contribution in [-0.4, -0.2) is 23.3 Å². The van der Waals surface area contributed by atoms with Crippen LogP contribution in [0.5, 0.6) is 0 Å². The van der Waals surface area contributed by atoms with Gasteiger partial charge in [0.1, 0.15) is 13.0 Å². The number of hydrogen-bond donors (Lipinski definition) is 1. The van der Waals surface area contributed by atoms with Crippen molar-refractivity contribution in [1.29, 1.82) is 0 Å². The van der Waals surface area contributed by atoms with Crippen molar-refractivity contribution in [3.8, 4) is 11.1 Å². The fourth-order valence-corrected chi connectivity index (χ4v) is 4.29. The van der Waals surface area contributed by atoms with Crippen molar-refractivity contribution in [2.45, 2.75) is 6.92 Å². The molecule has 7 heteroatoms. The SMILES string of the molecule is Cc1ccccc1-c1ccc(Nc2nc(Cl)ncc2Br)c(P(C)(C)=O)c1. The third-order valence-corrected chi connectivity index (χ3v) is 6.29. The lowest BCUT2D eigenvalue weighted by Gasteiger charge is -2.17. The highest BCUT2D eigenvalue weighted by atomic mass is 79.9. The first-order valence-corrected chi connectivity index (χ1v) is 11.7. The van der Waals surface area contributed by atoms with Gasteiger partial charge in [0, 0.05) is 11.5 Å². The van der Waals surface area contributed by atoms with Crippen LogP contribution in [-0.2, 0) is 4.57 Å². The van der Waals surface area contributed by atoms with Gasteiger partial charge in [0.2, 0.25) is 5.28 Å². The minimum absolute atomic E-state index is 0.143. The van der Waals surface area contributed by atoms with Crippen molar-refractivity contribution >= 4 is 51.5 Å². The predicted molar refractivity (Wildman–Crippen MR) is 114 cm³/mol. The molecule has 0 unspecified atom stereocenters. The van der Waals surface area contributed by atoms with Crippen LogP contribution in [0.2, 0.25) is 5.28 Å². The third kappa shape index (κ3) is 4.17. The number of benzene rings is 2. The highest BCUT2D eigenvalue weighted by Gasteiger charge is 2.19. The molecule has 0 bridgehead atoms. The monoisotopic (exact) mass is 449 g/mol. The van der Waals surface area contributed by atoms with Gasteiger partial charge in [-0.05, 0) is 76.6 Å². The third-order valence-electron chi connectivity index (χ3n) is 4.00. The van der Waals surface area contributed by atoms with E-state index in [1.807, 2.05) is 30.3 Å². The van der Waals surface area contributed by atoms with Crippen LogP contribution in [0.25, 0.3) is 11.1 Å². The Balaban J connectivity index is 2.10. The zero-order valence-electron chi connectivity index (χ0n) is 14.6. The molecule has 0 amide bonds. The summed E-state index contributed by atoms with van der Waals surface area (Å²) in [5, 5.41) is 4.13. The number of aryl methyl sites for hydroxylation is 1. The summed E-state index contributed by atoms with van der Waals surface area (Å²) in [4.78, 5) is 8.12. The molecular weight excluding hydrogens is 433 g/mol. The molecule has 1 heterocycles. The lowest BCUT2D eigenvalue weighted by molar-refractivity contribution is 0.588. The molecule has 3 aromatic rings. The largest absolute Gasteiger partial charge is 0.339 e. The Morgan fingerprint density at radius 3 is 2.58 bits per heavy atom. The van der Waals surface area contributed by atoms with E-state index in [0.717, 1.165) is 22.1 Å². The summed E-state index contributed by atoms with van der Waals surface area (Å²) in [5.41, 5.74) is 4.07. The molecule has 0 spiro atoms. The normalized spacial score (nSPS) is 11.4. The van der Waals surface area contributed by atoms with Gasteiger partial charge in [-0.1, -0.05) is 30.3 Å². The van der Waals surface area contributed by atoms with Crippen molar-refractivity contribution in [2.75, 3.05) is 18.6 Å². The summed E-state index contributed by atoms with van der Waals surface area (Å²) in [7, 11) is -2.54. The van der Waals surface area contributed by atoms with Crippen LogP contribution in [0.3, 0.4) is 0 Å². The summed E-state index contributed by atoms with van der Waals surface area (Å²) in [6.45, 7) is 5.59. The van der Waals surface area contributed by atoms with E-state index in [-0.39, 0.29) is 5.28 Å². The number of rotatable bonds is 4. The summed E-state index contributed by atoms with van der Waals surface area (Å²) >= 11 is 9.31. The van der Waals surface area contributed by atoms with Crippen LogP contribution in [0, 0.1) is 6.92 Å². The molecule has 1 N–H and O–H groups in total. The summed E-state index contributed by atoms with van der Waals surface area (Å²) in [6, 6.07) is 14.1. The fraction of sp³-hybridized carbons (Fsp3) is 0.158. The molecular formula is C19H18BrClN3OP. The molecule has 0 aliphatic carbocycles. The Labute approximate surface area is 166 Å². The number of nitrogens with one attached hydrogen (secondary N) is 1. The molecule has 3 rings (SSSR count). The van der Waals surface area contributed by atoms with Gasteiger partial charge in [-0.3, -0.25) is 0 Å². The van der Waals surface area contributed by atoms with Crippen LogP contribution in [0.15, 0.2) is 53.1 Å². The van der Waals surface area contributed by atoms with E-state index in [2.05, 4.69) is 50.3 Å². The van der Waals surface area contributed by atoms with Gasteiger partial charge < -0.3 is 9.88 Å². The van der Waals surface area contributed by atoms with Gasteiger partial charge in [-0.15, -0.1) is 0 Å². The second-order valence-electron chi connectivity index (χ2n) is 6.36. The van der Waals surface area contributed by atoms with Gasteiger partial charge in [0.15, 0.2) is 0 Å². The van der Waals surface area contributed by atoms with Crippen LogP contribution in [0.1, 0.15) is 5.56 Å². The second kappa shape index (κ2) is 7.51. The Bertz CT molecular complexity index is 1020. The van der Waals surface area contributed by atoms with E-state index in [9.17, 15) is 4.57 Å². The number of nitrogens with zero attached hydrogens (tertiary/aromatic N) is 2. The molecule has 0 fully saturated rings. The Morgan fingerprint density at radius 1 is 1.15 bits per heavy atom. The van der Waals surface area contributed by atoms with E-state index in [4.69, 9.17) is 11.6 Å². The zero-order valence-corrected chi connectivity index (χ0v) is 17.9. The van der Waals surface area contributed by atoms with Gasteiger partial charge in [-0.2, -0.15) is 4.98 Å². The topological polar surface area (TPSA) is 54.9 Å². The maximum Gasteiger partial charge on any atom is 0.224 e. The number of aromatic nitrogens is 2. The maximum atomic E-state index is 12.9. The molecule has 26 heavy (non-hydrogen) atoms. The van der Waals surface area contributed by atoms with Crippen molar-refractivity contribution in [1.82, 2.24) is 9.97 Å². The molecule has 0 saturated heterocycles. The number of hydrogen-bond acceptors (Lipinski definition) is 4. The van der Waals surface area contributed by atoms with Crippen LogP contribution < -0.4 is 10.6 Å². The molecule has 2 aromatic carbocycles. The Morgan fingerprint density at radius 2 is 1.88 bits per heavy atom. The van der Waals surface area contributed by atoms with E-state index in [1.165, 1.54) is 5.56 Å². The molecule has 0 aliphatic rings. The molecule has 134 valence electrons. The first-order valence-electron chi connectivity index (χ1n) is 7.96. The standard InChI is InChI=1S/C19H18BrClN3OP/c1-12-6-4-5-7-14(12)13-8-9-16(17(10-13)26(2,3)25)23-18-15(20)11-22-19(21)24-18/h4-11H,1-3H3,(H,22,23,24). The molecule has 0 saturated carbocycles. The minimum atomic E-state index is -2.54. The lowest BCUT2D eigenvalue weighted by atomic mass is 10.0. The van der Waals surface area contributed by atoms with E-state index >= 15 is 0 Å². The highest BCUT2D eigenvalue weighted by Crippen LogP contribution is 2.40. The van der Waals surface area contributed by atoms with Crippen LogP contribution in [0.4, 0.5) is 11.5 Å². The summed E-state index contributed by atoms with van der Waals surface area (Å²) in [5.74, 6) is 0.531. The first-order chi connectivity index (χ1) is 12.3.